The molecule has 0 spiro atoms. The highest BCUT2D eigenvalue weighted by atomic mass is 16.1. The van der Waals surface area contributed by atoms with E-state index in [1.807, 2.05) is 0 Å². The molecule has 68 valence electrons. The van der Waals surface area contributed by atoms with E-state index in [1.165, 1.54) is 0 Å². The van der Waals surface area contributed by atoms with Gasteiger partial charge in [0.05, 0.1) is 6.04 Å². The summed E-state index contributed by atoms with van der Waals surface area (Å²) in [5.41, 5.74) is 5.88. The summed E-state index contributed by atoms with van der Waals surface area (Å²) in [6.45, 7) is 6.47. The van der Waals surface area contributed by atoms with E-state index in [2.05, 4.69) is 20.8 Å². The highest BCUT2D eigenvalue weighted by molar-refractivity contribution is 5.94. The lowest BCUT2D eigenvalue weighted by Gasteiger charge is -2.32. The Morgan fingerprint density at radius 2 is 2.00 bits per heavy atom. The van der Waals surface area contributed by atoms with Crippen molar-refractivity contribution < 1.29 is 4.79 Å². The van der Waals surface area contributed by atoms with E-state index in [-0.39, 0.29) is 16.9 Å². The number of Topliss-reactive ketones (excluding diaryl/α,β-unsaturated/α-hetero) is 1. The molecule has 2 fully saturated rings. The molecule has 0 amide bonds. The summed E-state index contributed by atoms with van der Waals surface area (Å²) in [4.78, 5) is 11.8. The molecule has 0 aliphatic heterocycles. The Balaban J connectivity index is 2.50. The predicted octanol–water partition coefficient (Wildman–Crippen LogP) is 1.34. The molecular formula is C10H17NO. The van der Waals surface area contributed by atoms with E-state index < -0.39 is 0 Å². The van der Waals surface area contributed by atoms with Crippen LogP contribution in [0.1, 0.15) is 33.6 Å². The van der Waals surface area contributed by atoms with Gasteiger partial charge in [-0.05, 0) is 24.2 Å². The Bertz CT molecular complexity index is 246. The minimum Gasteiger partial charge on any atom is -0.321 e. The van der Waals surface area contributed by atoms with Crippen molar-refractivity contribution in [2.24, 2.45) is 22.5 Å². The summed E-state index contributed by atoms with van der Waals surface area (Å²) in [5.74, 6) is 0.721. The molecule has 2 heteroatoms. The summed E-state index contributed by atoms with van der Waals surface area (Å²) in [5, 5.41) is 0. The maximum Gasteiger partial charge on any atom is 0.156 e. The third-order valence-corrected chi connectivity index (χ3v) is 4.58. The number of hydrogen-bond acceptors (Lipinski definition) is 2. The van der Waals surface area contributed by atoms with Crippen molar-refractivity contribution >= 4 is 5.78 Å². The van der Waals surface area contributed by atoms with Gasteiger partial charge in [-0.15, -0.1) is 0 Å². The number of carbonyl (C=O) groups excluding carboxylic acids is 1. The van der Waals surface area contributed by atoms with E-state index in [0.29, 0.717) is 11.7 Å². The van der Waals surface area contributed by atoms with Crippen molar-refractivity contribution in [1.29, 1.82) is 0 Å². The summed E-state index contributed by atoms with van der Waals surface area (Å²) in [6.07, 6.45) is 2.17. The van der Waals surface area contributed by atoms with E-state index in [1.54, 1.807) is 0 Å². The molecule has 0 aromatic carbocycles. The first kappa shape index (κ1) is 8.24. The summed E-state index contributed by atoms with van der Waals surface area (Å²) < 4.78 is 0. The first-order valence-electron chi connectivity index (χ1n) is 4.71. The normalized spacial score (nSPS) is 50.2. The third-order valence-electron chi connectivity index (χ3n) is 4.58. The summed E-state index contributed by atoms with van der Waals surface area (Å²) >= 11 is 0. The van der Waals surface area contributed by atoms with Crippen LogP contribution in [0.2, 0.25) is 0 Å². The standard InChI is InChI=1S/C10H17NO/c1-9(2)6-4-5-10(9,3)8(12)7(6)11/h6-7H,4-5,11H2,1-3H3. The molecule has 2 aliphatic carbocycles. The molecule has 0 saturated heterocycles. The molecule has 12 heavy (non-hydrogen) atoms. The molecule has 2 N–H and O–H groups in total. The van der Waals surface area contributed by atoms with E-state index >= 15 is 0 Å². The van der Waals surface area contributed by atoms with Crippen molar-refractivity contribution in [3.8, 4) is 0 Å². The van der Waals surface area contributed by atoms with Gasteiger partial charge < -0.3 is 5.73 Å². The van der Waals surface area contributed by atoms with Crippen molar-refractivity contribution in [2.45, 2.75) is 39.7 Å². The zero-order chi connectivity index (χ0) is 9.15. The SMILES string of the molecule is CC12CCC(C(N)C1=O)C2(C)C. The van der Waals surface area contributed by atoms with Crippen LogP contribution in [0.4, 0.5) is 0 Å². The first-order chi connectivity index (χ1) is 5.41. The lowest BCUT2D eigenvalue weighted by Crippen LogP contribution is -2.39. The van der Waals surface area contributed by atoms with E-state index in [9.17, 15) is 4.79 Å². The predicted molar refractivity (Wildman–Crippen MR) is 47.6 cm³/mol. The Morgan fingerprint density at radius 1 is 1.42 bits per heavy atom. The van der Waals surface area contributed by atoms with Gasteiger partial charge in [0.15, 0.2) is 5.78 Å². The van der Waals surface area contributed by atoms with Crippen LogP contribution in [0.5, 0.6) is 0 Å². The van der Waals surface area contributed by atoms with Gasteiger partial charge in [0.25, 0.3) is 0 Å². The smallest absolute Gasteiger partial charge is 0.156 e. The summed E-state index contributed by atoms with van der Waals surface area (Å²) in [7, 11) is 0. The maximum absolute atomic E-state index is 11.8. The van der Waals surface area contributed by atoms with Crippen LogP contribution >= 0.6 is 0 Å². The molecule has 2 aliphatic rings. The molecule has 0 aromatic heterocycles. The molecule has 2 nitrogen and oxygen atoms in total. The number of fused-ring (bicyclic) bond motifs is 2. The van der Waals surface area contributed by atoms with Gasteiger partial charge in [0.1, 0.15) is 0 Å². The van der Waals surface area contributed by atoms with Gasteiger partial charge in [-0.2, -0.15) is 0 Å². The van der Waals surface area contributed by atoms with Crippen molar-refractivity contribution in [3.05, 3.63) is 0 Å². The lowest BCUT2D eigenvalue weighted by atomic mass is 9.70. The van der Waals surface area contributed by atoms with Crippen LogP contribution in [-0.2, 0) is 4.79 Å². The monoisotopic (exact) mass is 167 g/mol. The van der Waals surface area contributed by atoms with Gasteiger partial charge in [0.2, 0.25) is 0 Å². The van der Waals surface area contributed by atoms with Gasteiger partial charge in [-0.25, -0.2) is 0 Å². The molecule has 2 rings (SSSR count). The largest absolute Gasteiger partial charge is 0.321 e. The molecular weight excluding hydrogens is 150 g/mol. The zero-order valence-corrected chi connectivity index (χ0v) is 8.05. The van der Waals surface area contributed by atoms with Gasteiger partial charge in [-0.3, -0.25) is 4.79 Å². The highest BCUT2D eigenvalue weighted by Crippen LogP contribution is 2.62. The third kappa shape index (κ3) is 0.598. The van der Waals surface area contributed by atoms with Crippen molar-refractivity contribution in [3.63, 3.8) is 0 Å². The Kier molecular flexibility index (Phi) is 1.32. The second-order valence-corrected chi connectivity index (χ2v) is 5.09. The molecule has 0 radical (unpaired) electrons. The molecule has 3 unspecified atom stereocenters. The highest BCUT2D eigenvalue weighted by Gasteiger charge is 2.65. The van der Waals surface area contributed by atoms with Gasteiger partial charge >= 0.3 is 0 Å². The molecule has 3 atom stereocenters. The second-order valence-electron chi connectivity index (χ2n) is 5.09. The Morgan fingerprint density at radius 3 is 2.25 bits per heavy atom. The average Bonchev–Trinajstić information content (AvgIpc) is 2.26. The molecule has 0 heterocycles. The van der Waals surface area contributed by atoms with Crippen LogP contribution in [0.15, 0.2) is 0 Å². The van der Waals surface area contributed by atoms with Crippen molar-refractivity contribution in [2.75, 3.05) is 0 Å². The lowest BCUT2D eigenvalue weighted by molar-refractivity contribution is -0.129. The minimum absolute atomic E-state index is 0.128. The van der Waals surface area contributed by atoms with E-state index in [0.717, 1.165) is 12.8 Å². The maximum atomic E-state index is 11.8. The number of rotatable bonds is 0. The van der Waals surface area contributed by atoms with Gasteiger partial charge in [-0.1, -0.05) is 20.8 Å². The number of ketones is 1. The van der Waals surface area contributed by atoms with Gasteiger partial charge in [0, 0.05) is 5.41 Å². The quantitative estimate of drug-likeness (QED) is 0.591. The van der Waals surface area contributed by atoms with E-state index in [4.69, 9.17) is 5.73 Å². The van der Waals surface area contributed by atoms with Crippen LogP contribution in [-0.4, -0.2) is 11.8 Å². The zero-order valence-electron chi connectivity index (χ0n) is 8.05. The topological polar surface area (TPSA) is 43.1 Å². The fourth-order valence-electron chi connectivity index (χ4n) is 3.16. The minimum atomic E-state index is -0.182. The molecule has 2 saturated carbocycles. The number of hydrogen-bond donors (Lipinski definition) is 1. The fourth-order valence-corrected chi connectivity index (χ4v) is 3.16. The van der Waals surface area contributed by atoms with Crippen LogP contribution in [0.3, 0.4) is 0 Å². The fraction of sp³-hybridized carbons (Fsp3) is 0.900. The molecule has 2 bridgehead atoms. The second kappa shape index (κ2) is 1.92. The summed E-state index contributed by atoms with van der Waals surface area (Å²) in [6, 6.07) is -0.182. The molecule has 0 aromatic rings. The Labute approximate surface area is 73.5 Å². The number of carbonyl (C=O) groups is 1. The Hall–Kier alpha value is -0.370. The van der Waals surface area contributed by atoms with Crippen LogP contribution in [0, 0.1) is 16.7 Å². The first-order valence-corrected chi connectivity index (χ1v) is 4.71. The average molecular weight is 167 g/mol. The van der Waals surface area contributed by atoms with Crippen LogP contribution < -0.4 is 5.73 Å². The van der Waals surface area contributed by atoms with Crippen LogP contribution in [0.25, 0.3) is 0 Å². The van der Waals surface area contributed by atoms with Crippen molar-refractivity contribution in [1.82, 2.24) is 0 Å². The number of nitrogens with two attached hydrogens (primary N) is 1.